The lowest BCUT2D eigenvalue weighted by Gasteiger charge is -2.26. The van der Waals surface area contributed by atoms with Gasteiger partial charge in [0.15, 0.2) is 15.2 Å². The number of hydrogen-bond acceptors (Lipinski definition) is 6. The van der Waals surface area contributed by atoms with Crippen LogP contribution in [0.4, 0.5) is 0 Å². The largest absolute Gasteiger partial charge is 0.379 e. The highest BCUT2D eigenvalue weighted by molar-refractivity contribution is 7.80. The van der Waals surface area contributed by atoms with E-state index in [1.54, 1.807) is 6.21 Å². The second-order valence-corrected chi connectivity index (χ2v) is 6.56. The molecule has 2 aromatic rings. The lowest BCUT2D eigenvalue weighted by molar-refractivity contribution is 0.0389. The molecule has 0 atom stereocenters. The highest BCUT2D eigenvalue weighted by atomic mass is 35.5. The Labute approximate surface area is 148 Å². The normalized spacial score (nSPS) is 16.2. The second-order valence-electron chi connectivity index (χ2n) is 4.92. The Kier molecular flexibility index (Phi) is 5.79. The predicted octanol–water partition coefficient (Wildman–Crippen LogP) is 1.18. The van der Waals surface area contributed by atoms with E-state index in [0.717, 1.165) is 50.0 Å². The molecule has 23 heavy (non-hydrogen) atoms. The van der Waals surface area contributed by atoms with Crippen LogP contribution in [0.5, 0.6) is 0 Å². The molecule has 1 aliphatic heterocycles. The summed E-state index contributed by atoms with van der Waals surface area (Å²) in [5.74, 6) is 0. The van der Waals surface area contributed by atoms with Crippen LogP contribution in [-0.2, 0) is 4.74 Å². The van der Waals surface area contributed by atoms with E-state index in [2.05, 4.69) is 25.7 Å². The molecule has 2 N–H and O–H groups in total. The molecule has 3 heterocycles. The fourth-order valence-corrected chi connectivity index (χ4v) is 3.38. The van der Waals surface area contributed by atoms with Crippen LogP contribution < -0.4 is 10.7 Å². The van der Waals surface area contributed by atoms with Crippen LogP contribution in [-0.4, -0.2) is 65.0 Å². The van der Waals surface area contributed by atoms with Gasteiger partial charge in [-0.05, 0) is 12.2 Å². The molecule has 3 rings (SSSR count). The number of nitrogens with zero attached hydrogens (tertiary/aromatic N) is 4. The van der Waals surface area contributed by atoms with Gasteiger partial charge in [-0.15, -0.1) is 11.3 Å². The molecule has 1 aliphatic rings. The van der Waals surface area contributed by atoms with Gasteiger partial charge < -0.3 is 10.1 Å². The zero-order valence-corrected chi connectivity index (χ0v) is 14.8. The summed E-state index contributed by atoms with van der Waals surface area (Å²) in [7, 11) is 0. The summed E-state index contributed by atoms with van der Waals surface area (Å²) < 4.78 is 7.20. The van der Waals surface area contributed by atoms with Crippen molar-refractivity contribution < 1.29 is 4.74 Å². The van der Waals surface area contributed by atoms with Gasteiger partial charge in [0.25, 0.3) is 0 Å². The minimum absolute atomic E-state index is 0.425. The third kappa shape index (κ3) is 4.39. The summed E-state index contributed by atoms with van der Waals surface area (Å²) >= 11 is 12.8. The SMILES string of the molecule is S=C(NCCN1CCOCC1)N/N=C\c1c(Cl)nc2sccn12. The zero-order valence-electron chi connectivity index (χ0n) is 12.4. The number of thiocarbonyl (C=S) groups is 1. The minimum atomic E-state index is 0.425. The van der Waals surface area contributed by atoms with E-state index in [1.807, 2.05) is 16.0 Å². The fraction of sp³-hybridized carbons (Fsp3) is 0.462. The van der Waals surface area contributed by atoms with Crippen LogP contribution in [0.15, 0.2) is 16.7 Å². The molecular formula is C13H17ClN6OS2. The molecule has 124 valence electrons. The summed E-state index contributed by atoms with van der Waals surface area (Å²) in [4.78, 5) is 7.41. The fourth-order valence-electron chi connectivity index (χ4n) is 2.24. The van der Waals surface area contributed by atoms with Crippen molar-refractivity contribution in [3.63, 3.8) is 0 Å². The number of hydrogen-bond donors (Lipinski definition) is 2. The first-order valence-corrected chi connectivity index (χ1v) is 8.88. The Hall–Kier alpha value is -1.26. The van der Waals surface area contributed by atoms with Crippen LogP contribution in [0.1, 0.15) is 5.69 Å². The third-order valence-corrected chi connectivity index (χ3v) is 4.69. The van der Waals surface area contributed by atoms with Crippen molar-refractivity contribution in [2.24, 2.45) is 5.10 Å². The molecule has 2 aromatic heterocycles. The van der Waals surface area contributed by atoms with Gasteiger partial charge in [0.2, 0.25) is 0 Å². The molecule has 1 saturated heterocycles. The van der Waals surface area contributed by atoms with Gasteiger partial charge in [-0.1, -0.05) is 11.6 Å². The molecule has 0 radical (unpaired) electrons. The summed E-state index contributed by atoms with van der Waals surface area (Å²) in [5, 5.41) is 10.1. The van der Waals surface area contributed by atoms with Crippen molar-refractivity contribution in [1.82, 2.24) is 25.0 Å². The number of ether oxygens (including phenoxy) is 1. The summed E-state index contributed by atoms with van der Waals surface area (Å²) in [6.45, 7) is 5.24. The van der Waals surface area contributed by atoms with Crippen molar-refractivity contribution >= 4 is 51.4 Å². The summed E-state index contributed by atoms with van der Waals surface area (Å²) in [5.41, 5.74) is 3.52. The number of imidazole rings is 1. The molecule has 1 fully saturated rings. The van der Waals surface area contributed by atoms with Crippen molar-refractivity contribution in [3.8, 4) is 0 Å². The molecule has 7 nitrogen and oxygen atoms in total. The van der Waals surface area contributed by atoms with E-state index in [1.165, 1.54) is 11.3 Å². The summed E-state index contributed by atoms with van der Waals surface area (Å²) in [6.07, 6.45) is 3.52. The maximum atomic E-state index is 6.09. The molecule has 0 saturated carbocycles. The first kappa shape index (κ1) is 16.6. The lowest BCUT2D eigenvalue weighted by Crippen LogP contribution is -2.42. The smallest absolute Gasteiger partial charge is 0.195 e. The maximum Gasteiger partial charge on any atom is 0.195 e. The monoisotopic (exact) mass is 372 g/mol. The number of morpholine rings is 1. The first-order chi connectivity index (χ1) is 11.2. The van der Waals surface area contributed by atoms with Gasteiger partial charge in [-0.3, -0.25) is 14.7 Å². The first-order valence-electron chi connectivity index (χ1n) is 7.22. The lowest BCUT2D eigenvalue weighted by atomic mass is 10.4. The van der Waals surface area contributed by atoms with E-state index in [0.29, 0.717) is 10.3 Å². The van der Waals surface area contributed by atoms with Crippen molar-refractivity contribution in [3.05, 3.63) is 22.4 Å². The highest BCUT2D eigenvalue weighted by Crippen LogP contribution is 2.19. The highest BCUT2D eigenvalue weighted by Gasteiger charge is 2.10. The molecule has 0 aromatic carbocycles. The van der Waals surface area contributed by atoms with Gasteiger partial charge in [0, 0.05) is 37.8 Å². The van der Waals surface area contributed by atoms with Crippen LogP contribution in [0, 0.1) is 0 Å². The van der Waals surface area contributed by atoms with Crippen LogP contribution in [0.3, 0.4) is 0 Å². The van der Waals surface area contributed by atoms with E-state index >= 15 is 0 Å². The number of aromatic nitrogens is 2. The molecule has 0 spiro atoms. The van der Waals surface area contributed by atoms with Crippen LogP contribution in [0.2, 0.25) is 5.15 Å². The minimum Gasteiger partial charge on any atom is -0.379 e. The van der Waals surface area contributed by atoms with Crippen molar-refractivity contribution in [2.45, 2.75) is 0 Å². The number of rotatable bonds is 5. The van der Waals surface area contributed by atoms with Gasteiger partial charge in [0.05, 0.1) is 19.4 Å². The standard InChI is InChI=1S/C13H17ClN6OS2/c14-11-10(20-5-8-23-13(20)17-11)9-16-18-12(22)15-1-2-19-3-6-21-7-4-19/h5,8-9H,1-4,6-7H2,(H2,15,18,22)/b16-9-. The van der Waals surface area contributed by atoms with Gasteiger partial charge in [-0.25, -0.2) is 4.98 Å². The van der Waals surface area contributed by atoms with Crippen molar-refractivity contribution in [2.75, 3.05) is 39.4 Å². The third-order valence-electron chi connectivity index (χ3n) is 3.42. The van der Waals surface area contributed by atoms with Crippen molar-refractivity contribution in [1.29, 1.82) is 0 Å². The Morgan fingerprint density at radius 1 is 1.52 bits per heavy atom. The Balaban J connectivity index is 1.43. The summed E-state index contributed by atoms with van der Waals surface area (Å²) in [6, 6.07) is 0. The Bertz CT molecular complexity index is 694. The van der Waals surface area contributed by atoms with Crippen LogP contribution in [0.25, 0.3) is 4.96 Å². The number of nitrogens with one attached hydrogen (secondary N) is 2. The topological polar surface area (TPSA) is 66.2 Å². The van der Waals surface area contributed by atoms with E-state index in [-0.39, 0.29) is 0 Å². The average Bonchev–Trinajstić information content (AvgIpc) is 3.10. The number of thiazole rings is 1. The Morgan fingerprint density at radius 3 is 3.17 bits per heavy atom. The average molecular weight is 373 g/mol. The molecular weight excluding hydrogens is 356 g/mol. The Morgan fingerprint density at radius 2 is 2.35 bits per heavy atom. The second kappa shape index (κ2) is 8.02. The molecule has 0 amide bonds. The van der Waals surface area contributed by atoms with E-state index < -0.39 is 0 Å². The van der Waals surface area contributed by atoms with Gasteiger partial charge >= 0.3 is 0 Å². The molecule has 0 unspecified atom stereocenters. The molecule has 0 aliphatic carbocycles. The zero-order chi connectivity index (χ0) is 16.1. The quantitative estimate of drug-likeness (QED) is 0.467. The molecule has 10 heteroatoms. The molecule has 0 bridgehead atoms. The predicted molar refractivity (Wildman–Crippen MR) is 96.7 cm³/mol. The van der Waals surface area contributed by atoms with Gasteiger partial charge in [-0.2, -0.15) is 5.10 Å². The van der Waals surface area contributed by atoms with E-state index in [9.17, 15) is 0 Å². The number of fused-ring (bicyclic) bond motifs is 1. The van der Waals surface area contributed by atoms with E-state index in [4.69, 9.17) is 28.6 Å². The maximum absolute atomic E-state index is 6.09. The van der Waals surface area contributed by atoms with Gasteiger partial charge in [0.1, 0.15) is 5.69 Å². The number of halogens is 1. The van der Waals surface area contributed by atoms with Crippen LogP contribution >= 0.6 is 35.2 Å². The number of hydrazone groups is 1.